The van der Waals surface area contributed by atoms with Crippen molar-refractivity contribution < 1.29 is 4.79 Å². The zero-order valence-corrected chi connectivity index (χ0v) is 25.9. The maximum Gasteiger partial charge on any atom is 0.258 e. The molecule has 230 valence electrons. The van der Waals surface area contributed by atoms with Crippen molar-refractivity contribution in [3.05, 3.63) is 160 Å². The minimum Gasteiger partial charge on any atom is -0.384 e. The monoisotopic (exact) mass is 607 g/mol. The van der Waals surface area contributed by atoms with Crippen LogP contribution in [0.4, 0.5) is 5.69 Å². The molecule has 0 atom stereocenters. The van der Waals surface area contributed by atoms with Crippen LogP contribution in [0.1, 0.15) is 49.6 Å². The van der Waals surface area contributed by atoms with Gasteiger partial charge in [-0.2, -0.15) is 0 Å². The fourth-order valence-corrected chi connectivity index (χ4v) is 5.58. The third-order valence-corrected chi connectivity index (χ3v) is 8.24. The smallest absolute Gasteiger partial charge is 0.258 e. The number of amidine groups is 1. The summed E-state index contributed by atoms with van der Waals surface area (Å²) < 4.78 is 2.25. The number of fused-ring (bicyclic) bond motifs is 1. The number of rotatable bonds is 11. The SMILES string of the molecule is Cc1ccc(Cn2c(CCc3ccc(C(=N)N)cc3)nc3cc(C(=O)N(Cc4ccc(CN)cc4)c4cccnc4)ccc32)cc1. The van der Waals surface area contributed by atoms with Gasteiger partial charge in [-0.3, -0.25) is 15.2 Å². The van der Waals surface area contributed by atoms with Crippen molar-refractivity contribution in [3.63, 3.8) is 0 Å². The highest BCUT2D eigenvalue weighted by molar-refractivity contribution is 6.07. The van der Waals surface area contributed by atoms with Gasteiger partial charge in [-0.25, -0.2) is 4.98 Å². The lowest BCUT2D eigenvalue weighted by Gasteiger charge is -2.23. The number of amides is 1. The van der Waals surface area contributed by atoms with Gasteiger partial charge >= 0.3 is 0 Å². The fraction of sp³-hybridized carbons (Fsp3) is 0.158. The topological polar surface area (TPSA) is 127 Å². The maximum absolute atomic E-state index is 14.1. The second-order valence-corrected chi connectivity index (χ2v) is 11.5. The van der Waals surface area contributed by atoms with Crippen molar-refractivity contribution in [1.82, 2.24) is 14.5 Å². The third-order valence-electron chi connectivity index (χ3n) is 8.24. The Kier molecular flexibility index (Phi) is 8.98. The highest BCUT2D eigenvalue weighted by Gasteiger charge is 2.21. The molecule has 6 aromatic rings. The van der Waals surface area contributed by atoms with Gasteiger partial charge in [0.25, 0.3) is 5.91 Å². The van der Waals surface area contributed by atoms with Gasteiger partial charge in [0.1, 0.15) is 11.7 Å². The average molecular weight is 608 g/mol. The number of aryl methyl sites for hydroxylation is 3. The predicted molar refractivity (Wildman–Crippen MR) is 184 cm³/mol. The number of nitrogens with two attached hydrogens (primary N) is 2. The second-order valence-electron chi connectivity index (χ2n) is 11.5. The van der Waals surface area contributed by atoms with E-state index in [4.69, 9.17) is 21.9 Å². The van der Waals surface area contributed by atoms with Crippen molar-refractivity contribution in [1.29, 1.82) is 5.41 Å². The summed E-state index contributed by atoms with van der Waals surface area (Å²) >= 11 is 0. The Morgan fingerprint density at radius 1 is 0.826 bits per heavy atom. The molecule has 2 heterocycles. The predicted octanol–water partition coefficient (Wildman–Crippen LogP) is 6.16. The molecule has 0 aliphatic heterocycles. The molecule has 0 unspecified atom stereocenters. The van der Waals surface area contributed by atoms with E-state index >= 15 is 0 Å². The summed E-state index contributed by atoms with van der Waals surface area (Å²) in [4.78, 5) is 25.2. The minimum absolute atomic E-state index is 0.0587. The van der Waals surface area contributed by atoms with Crippen molar-refractivity contribution in [2.24, 2.45) is 11.5 Å². The number of carbonyl (C=O) groups is 1. The standard InChI is InChI=1S/C38H37N7O/c1-26-4-6-29(7-5-26)25-45-35-18-17-32(21-34(35)43-36(45)19-14-27-12-15-31(16-13-27)37(40)41)38(46)44(33-3-2-20-42-23-33)24-30-10-8-28(22-39)9-11-30/h2-13,15-18,20-21,23H,14,19,22,24-25,39H2,1H3,(H3,40,41). The van der Waals surface area contributed by atoms with Gasteiger partial charge < -0.3 is 20.9 Å². The van der Waals surface area contributed by atoms with E-state index in [-0.39, 0.29) is 11.7 Å². The zero-order valence-electron chi connectivity index (χ0n) is 25.9. The van der Waals surface area contributed by atoms with Gasteiger partial charge in [0.2, 0.25) is 0 Å². The molecule has 0 aliphatic rings. The number of nitrogen functional groups attached to an aromatic ring is 1. The Morgan fingerprint density at radius 2 is 1.50 bits per heavy atom. The van der Waals surface area contributed by atoms with Gasteiger partial charge in [0, 0.05) is 36.8 Å². The molecule has 5 N–H and O–H groups in total. The molecular formula is C38H37N7O. The van der Waals surface area contributed by atoms with Gasteiger partial charge in [0.15, 0.2) is 0 Å². The molecule has 0 saturated carbocycles. The molecule has 0 bridgehead atoms. The molecule has 0 aliphatic carbocycles. The molecule has 46 heavy (non-hydrogen) atoms. The first kappa shape index (κ1) is 30.4. The number of hydrogen-bond acceptors (Lipinski definition) is 5. The van der Waals surface area contributed by atoms with Crippen LogP contribution in [0.5, 0.6) is 0 Å². The van der Waals surface area contributed by atoms with Crippen molar-refractivity contribution in [2.75, 3.05) is 4.90 Å². The molecule has 8 nitrogen and oxygen atoms in total. The number of nitrogens with zero attached hydrogens (tertiary/aromatic N) is 4. The normalized spacial score (nSPS) is 11.1. The Morgan fingerprint density at radius 3 is 2.17 bits per heavy atom. The summed E-state index contributed by atoms with van der Waals surface area (Å²) in [5.74, 6) is 0.876. The number of benzene rings is 4. The Bertz CT molecular complexity index is 1960. The van der Waals surface area contributed by atoms with E-state index in [0.29, 0.717) is 37.2 Å². The van der Waals surface area contributed by atoms with Crippen LogP contribution in [0.2, 0.25) is 0 Å². The van der Waals surface area contributed by atoms with Gasteiger partial charge in [-0.05, 0) is 65.9 Å². The number of hydrogen-bond donors (Lipinski definition) is 3. The Balaban J connectivity index is 1.33. The number of anilines is 1. The number of nitrogens with one attached hydrogen (secondary N) is 1. The Hall–Kier alpha value is -5.60. The van der Waals surface area contributed by atoms with E-state index in [0.717, 1.165) is 45.7 Å². The van der Waals surface area contributed by atoms with Crippen molar-refractivity contribution >= 4 is 28.5 Å². The lowest BCUT2D eigenvalue weighted by molar-refractivity contribution is 0.0985. The molecule has 0 saturated heterocycles. The fourth-order valence-electron chi connectivity index (χ4n) is 5.58. The van der Waals surface area contributed by atoms with E-state index in [1.165, 1.54) is 11.1 Å². The van der Waals surface area contributed by atoms with Crippen molar-refractivity contribution in [3.8, 4) is 0 Å². The lowest BCUT2D eigenvalue weighted by Crippen LogP contribution is -2.30. The Labute approximate surface area is 268 Å². The van der Waals surface area contributed by atoms with Crippen LogP contribution in [-0.4, -0.2) is 26.3 Å². The molecular weight excluding hydrogens is 570 g/mol. The molecule has 1 amide bonds. The first-order valence-corrected chi connectivity index (χ1v) is 15.4. The summed E-state index contributed by atoms with van der Waals surface area (Å²) in [7, 11) is 0. The summed E-state index contributed by atoms with van der Waals surface area (Å²) in [5, 5.41) is 7.68. The molecule has 0 fully saturated rings. The van der Waals surface area contributed by atoms with E-state index in [1.54, 1.807) is 17.3 Å². The highest BCUT2D eigenvalue weighted by Crippen LogP contribution is 2.25. The van der Waals surface area contributed by atoms with E-state index in [9.17, 15) is 4.79 Å². The summed E-state index contributed by atoms with van der Waals surface area (Å²) in [6, 6.07) is 33.9. The first-order chi connectivity index (χ1) is 22.4. The largest absolute Gasteiger partial charge is 0.384 e. The third kappa shape index (κ3) is 6.87. The van der Waals surface area contributed by atoms with Crippen LogP contribution >= 0.6 is 0 Å². The molecule has 6 rings (SSSR count). The van der Waals surface area contributed by atoms with Crippen LogP contribution in [0, 0.1) is 12.3 Å². The number of pyridine rings is 1. The quantitative estimate of drug-likeness (QED) is 0.120. The van der Waals surface area contributed by atoms with Crippen LogP contribution in [0.15, 0.2) is 116 Å². The van der Waals surface area contributed by atoms with Crippen LogP contribution in [0.25, 0.3) is 11.0 Å². The van der Waals surface area contributed by atoms with E-state index in [1.807, 2.05) is 78.9 Å². The van der Waals surface area contributed by atoms with Crippen LogP contribution in [0.3, 0.4) is 0 Å². The zero-order chi connectivity index (χ0) is 32.0. The summed E-state index contributed by atoms with van der Waals surface area (Å²) in [5.41, 5.74) is 20.7. The summed E-state index contributed by atoms with van der Waals surface area (Å²) in [6.45, 7) is 3.62. The molecule has 0 radical (unpaired) electrons. The van der Waals surface area contributed by atoms with E-state index in [2.05, 4.69) is 40.7 Å². The average Bonchev–Trinajstić information content (AvgIpc) is 3.43. The summed E-state index contributed by atoms with van der Waals surface area (Å²) in [6.07, 6.45) is 4.90. The van der Waals surface area contributed by atoms with Crippen LogP contribution in [-0.2, 0) is 32.5 Å². The highest BCUT2D eigenvalue weighted by atomic mass is 16.2. The number of carbonyl (C=O) groups excluding carboxylic acids is 1. The molecule has 0 spiro atoms. The van der Waals surface area contributed by atoms with Crippen molar-refractivity contribution in [2.45, 2.75) is 39.4 Å². The lowest BCUT2D eigenvalue weighted by atomic mass is 10.1. The second kappa shape index (κ2) is 13.6. The maximum atomic E-state index is 14.1. The van der Waals surface area contributed by atoms with Gasteiger partial charge in [0.05, 0.1) is 29.5 Å². The number of aromatic nitrogens is 3. The van der Waals surface area contributed by atoms with Gasteiger partial charge in [-0.1, -0.05) is 78.4 Å². The minimum atomic E-state index is -0.127. The first-order valence-electron chi connectivity index (χ1n) is 15.4. The molecule has 2 aromatic heterocycles. The van der Waals surface area contributed by atoms with Crippen LogP contribution < -0.4 is 16.4 Å². The van der Waals surface area contributed by atoms with Gasteiger partial charge in [-0.15, -0.1) is 0 Å². The number of imidazole rings is 1. The van der Waals surface area contributed by atoms with E-state index < -0.39 is 0 Å². The molecule has 8 heteroatoms. The molecule has 4 aromatic carbocycles.